The summed E-state index contributed by atoms with van der Waals surface area (Å²) in [4.78, 5) is 2.01. The van der Waals surface area contributed by atoms with Gasteiger partial charge in [-0.1, -0.05) is 31.2 Å². The maximum absolute atomic E-state index is 14.6. The summed E-state index contributed by atoms with van der Waals surface area (Å²) in [5, 5.41) is 37.1. The monoisotopic (exact) mass is 393 g/mol. The minimum Gasteiger partial charge on any atom is -0.399 e. The van der Waals surface area contributed by atoms with Crippen LogP contribution in [0.3, 0.4) is 0 Å². The van der Waals surface area contributed by atoms with E-state index in [1.807, 2.05) is 43.2 Å². The Morgan fingerprint density at radius 3 is 2.41 bits per heavy atom. The Morgan fingerprint density at radius 1 is 1.28 bits per heavy atom. The maximum Gasteiger partial charge on any atom is 0.191 e. The first-order valence-corrected chi connectivity index (χ1v) is 9.38. The number of fused-ring (bicyclic) bond motifs is 1. The van der Waals surface area contributed by atoms with Crippen molar-refractivity contribution in [3.05, 3.63) is 58.6 Å². The molecule has 1 aromatic carbocycles. The maximum atomic E-state index is 14.6. The number of nitrogens with zero attached hydrogens (tertiary/aromatic N) is 4. The van der Waals surface area contributed by atoms with Gasteiger partial charge in [0.05, 0.1) is 23.4 Å². The van der Waals surface area contributed by atoms with Gasteiger partial charge in [0.2, 0.25) is 0 Å². The van der Waals surface area contributed by atoms with Crippen LogP contribution in [0.5, 0.6) is 0 Å². The zero-order valence-corrected chi connectivity index (χ0v) is 16.6. The van der Waals surface area contributed by atoms with Crippen molar-refractivity contribution in [3.63, 3.8) is 0 Å². The number of nitrogens with two attached hydrogens (primary N) is 1. The molecular weight excluding hydrogens is 369 g/mol. The highest BCUT2D eigenvalue weighted by Gasteiger charge is 2.54. The topological polar surface area (TPSA) is 121 Å². The molecule has 1 heterocycles. The fraction of sp³-hybridized carbons (Fsp3) is 0.409. The third-order valence-corrected chi connectivity index (χ3v) is 5.31. The van der Waals surface area contributed by atoms with Gasteiger partial charge in [-0.2, -0.15) is 15.8 Å². The van der Waals surface area contributed by atoms with E-state index in [2.05, 4.69) is 0 Å². The third kappa shape index (κ3) is 3.87. The zero-order valence-electron chi connectivity index (χ0n) is 16.6. The molecule has 0 radical (unpaired) electrons. The third-order valence-electron chi connectivity index (χ3n) is 5.31. The molecule has 0 bridgehead atoms. The Hall–Kier alpha value is -3.18. The summed E-state index contributed by atoms with van der Waals surface area (Å²) in [7, 11) is 1.90. The van der Waals surface area contributed by atoms with Crippen molar-refractivity contribution in [2.24, 2.45) is 17.1 Å². The molecule has 1 aliphatic heterocycles. The van der Waals surface area contributed by atoms with Crippen LogP contribution in [-0.4, -0.2) is 36.8 Å². The van der Waals surface area contributed by atoms with Crippen LogP contribution in [0.1, 0.15) is 24.8 Å². The molecule has 0 unspecified atom stereocenters. The molecule has 2 aliphatic rings. The van der Waals surface area contributed by atoms with E-state index in [0.717, 1.165) is 6.42 Å². The average Bonchev–Trinajstić information content (AvgIpc) is 2.74. The lowest BCUT2D eigenvalue weighted by molar-refractivity contribution is 0.234. The molecule has 3 N–H and O–H groups in total. The van der Waals surface area contributed by atoms with Crippen molar-refractivity contribution in [3.8, 4) is 18.2 Å². The highest BCUT2D eigenvalue weighted by molar-refractivity contribution is 5.59. The molecule has 0 saturated heterocycles. The van der Waals surface area contributed by atoms with Gasteiger partial charge in [-0.25, -0.2) is 4.39 Å². The molecule has 6 nitrogen and oxygen atoms in total. The number of hydrogen-bond donors (Lipinski definition) is 2. The summed E-state index contributed by atoms with van der Waals surface area (Å²) >= 11 is 0. The van der Waals surface area contributed by atoms with Gasteiger partial charge in [-0.05, 0) is 30.7 Å². The predicted molar refractivity (Wildman–Crippen MR) is 106 cm³/mol. The average molecular weight is 393 g/mol. The van der Waals surface area contributed by atoms with E-state index in [0.29, 0.717) is 25.3 Å². The molecular formula is C22H24FN5O. The van der Waals surface area contributed by atoms with Crippen molar-refractivity contribution in [1.82, 2.24) is 4.90 Å². The molecule has 1 aromatic rings. The van der Waals surface area contributed by atoms with Gasteiger partial charge >= 0.3 is 0 Å². The van der Waals surface area contributed by atoms with Gasteiger partial charge in [0.25, 0.3) is 0 Å². The Bertz CT molecular complexity index is 931. The van der Waals surface area contributed by atoms with E-state index in [4.69, 9.17) is 10.8 Å². The van der Waals surface area contributed by atoms with Gasteiger partial charge in [0.15, 0.2) is 5.41 Å². The number of hydrogen-bond acceptors (Lipinski definition) is 6. The summed E-state index contributed by atoms with van der Waals surface area (Å²) in [6.45, 7) is 3.38. The number of likely N-dealkylation sites (N-methyl/N-ethyl adjacent to an activating group) is 1. The van der Waals surface area contributed by atoms with Crippen LogP contribution in [0.4, 0.5) is 4.39 Å². The number of rotatable bonds is 2. The molecule has 0 fully saturated rings. The second-order valence-corrected chi connectivity index (χ2v) is 7.14. The van der Waals surface area contributed by atoms with Crippen LogP contribution in [0.2, 0.25) is 0 Å². The van der Waals surface area contributed by atoms with E-state index in [-0.39, 0.29) is 22.8 Å². The van der Waals surface area contributed by atoms with E-state index < -0.39 is 17.2 Å². The minimum absolute atomic E-state index is 0.0830. The van der Waals surface area contributed by atoms with E-state index >= 15 is 0 Å². The van der Waals surface area contributed by atoms with Crippen LogP contribution in [0.25, 0.3) is 0 Å². The number of halogens is 1. The summed E-state index contributed by atoms with van der Waals surface area (Å²) in [6, 6.07) is 12.2. The second-order valence-electron chi connectivity index (χ2n) is 7.14. The Morgan fingerprint density at radius 2 is 1.90 bits per heavy atom. The molecule has 2 atom stereocenters. The summed E-state index contributed by atoms with van der Waals surface area (Å²) in [5.41, 5.74) is 5.43. The summed E-state index contributed by atoms with van der Waals surface area (Å²) in [5.74, 6) is -1.63. The number of allylic oxidation sites excluding steroid dienone is 2. The number of benzene rings is 1. The number of nitriles is 3. The molecule has 0 saturated carbocycles. The second kappa shape index (κ2) is 9.34. The highest BCUT2D eigenvalue weighted by Crippen LogP contribution is 2.54. The fourth-order valence-electron chi connectivity index (χ4n) is 3.90. The molecule has 7 heteroatoms. The van der Waals surface area contributed by atoms with Crippen molar-refractivity contribution >= 4 is 0 Å². The van der Waals surface area contributed by atoms with Crippen molar-refractivity contribution < 1.29 is 9.50 Å². The number of aliphatic hydroxyl groups excluding tert-OH is 1. The molecule has 0 spiro atoms. The molecule has 3 rings (SSSR count). The normalized spacial score (nSPS) is 22.7. The molecule has 1 aliphatic carbocycles. The Kier molecular flexibility index (Phi) is 7.13. The Labute approximate surface area is 170 Å². The lowest BCUT2D eigenvalue weighted by Gasteiger charge is -2.45. The Balaban J connectivity index is 0.000000687. The lowest BCUT2D eigenvalue weighted by atomic mass is 9.58. The smallest absolute Gasteiger partial charge is 0.191 e. The molecule has 0 aromatic heterocycles. The molecule has 0 amide bonds. The van der Waals surface area contributed by atoms with Crippen LogP contribution in [0, 0.1) is 51.1 Å². The van der Waals surface area contributed by atoms with Gasteiger partial charge in [-0.15, -0.1) is 0 Å². The van der Waals surface area contributed by atoms with Crippen LogP contribution < -0.4 is 5.73 Å². The van der Waals surface area contributed by atoms with Gasteiger partial charge in [0.1, 0.15) is 11.9 Å². The van der Waals surface area contributed by atoms with Crippen LogP contribution in [0.15, 0.2) is 47.2 Å². The van der Waals surface area contributed by atoms with Gasteiger partial charge < -0.3 is 15.7 Å². The SMILES string of the molecule is CCCO.CN1CC=C2C(C#N)=C(N)C(C#N)(C#N)[C@@H](c3ccccc3F)[C@@H]2C1. The summed E-state index contributed by atoms with van der Waals surface area (Å²) in [6.07, 6.45) is 2.76. The van der Waals surface area contributed by atoms with Crippen molar-refractivity contribution in [2.75, 3.05) is 26.7 Å². The van der Waals surface area contributed by atoms with E-state index in [1.165, 1.54) is 6.07 Å². The lowest BCUT2D eigenvalue weighted by Crippen LogP contribution is -2.47. The molecule has 29 heavy (non-hydrogen) atoms. The van der Waals surface area contributed by atoms with Gasteiger partial charge in [0, 0.05) is 31.5 Å². The predicted octanol–water partition coefficient (Wildman–Crippen LogP) is 2.57. The highest BCUT2D eigenvalue weighted by atomic mass is 19.1. The van der Waals surface area contributed by atoms with Crippen LogP contribution >= 0.6 is 0 Å². The standard InChI is InChI=1S/C19H16FN5.C3H8O/c1-25-7-6-12-14(8-21)18(24)19(10-22,11-23)17(15(12)9-25)13-4-2-3-5-16(13)20;1-2-3-4/h2-6,15,17H,7,9,24H2,1H3;4H,2-3H2,1H3/t15-,17+;/m1./s1. The van der Waals surface area contributed by atoms with Crippen molar-refractivity contribution in [2.45, 2.75) is 19.3 Å². The summed E-state index contributed by atoms with van der Waals surface area (Å²) < 4.78 is 14.6. The quantitative estimate of drug-likeness (QED) is 0.796. The fourth-order valence-corrected chi connectivity index (χ4v) is 3.90. The number of aliphatic hydroxyl groups is 1. The van der Waals surface area contributed by atoms with Crippen molar-refractivity contribution in [1.29, 1.82) is 15.8 Å². The minimum atomic E-state index is -1.78. The van der Waals surface area contributed by atoms with E-state index in [9.17, 15) is 20.2 Å². The first kappa shape index (κ1) is 22.1. The first-order chi connectivity index (χ1) is 13.9. The molecule has 150 valence electrons. The largest absolute Gasteiger partial charge is 0.399 e. The zero-order chi connectivity index (χ0) is 21.6. The first-order valence-electron chi connectivity index (χ1n) is 9.38. The van der Waals surface area contributed by atoms with E-state index in [1.54, 1.807) is 18.2 Å². The van der Waals surface area contributed by atoms with Crippen LogP contribution in [-0.2, 0) is 0 Å². The van der Waals surface area contributed by atoms with Gasteiger partial charge in [-0.3, -0.25) is 0 Å².